The monoisotopic (exact) mass is 283 g/mol. The predicted molar refractivity (Wildman–Crippen MR) is 74.3 cm³/mol. The smallest absolute Gasteiger partial charge is 0.332 e. The first-order valence-corrected chi connectivity index (χ1v) is 7.80. The highest BCUT2D eigenvalue weighted by Gasteiger charge is 2.30. The Hall–Kier alpha value is -1.10. The Labute approximate surface area is 120 Å². The molecular formula is C15H25NO4. The fraction of sp³-hybridized carbons (Fsp3) is 0.867. The van der Waals surface area contributed by atoms with Gasteiger partial charge in [-0.3, -0.25) is 4.79 Å². The van der Waals surface area contributed by atoms with Crippen molar-refractivity contribution in [1.82, 2.24) is 5.32 Å². The van der Waals surface area contributed by atoms with Crippen LogP contribution in [0.15, 0.2) is 0 Å². The molecule has 114 valence electrons. The number of carbonyl (C=O) groups excluding carboxylic acids is 1. The molecule has 20 heavy (non-hydrogen) atoms. The molecule has 1 aliphatic heterocycles. The van der Waals surface area contributed by atoms with Crippen LogP contribution in [0, 0.1) is 5.92 Å². The quantitative estimate of drug-likeness (QED) is 0.758. The number of rotatable bonds is 5. The van der Waals surface area contributed by atoms with E-state index in [1.807, 2.05) is 0 Å². The molecule has 1 amide bonds. The van der Waals surface area contributed by atoms with Crippen molar-refractivity contribution in [2.24, 2.45) is 5.92 Å². The fourth-order valence-corrected chi connectivity index (χ4v) is 3.17. The minimum atomic E-state index is -0.905. The standard InChI is InChI=1S/C15H25NO4/c17-14(9-11-5-3-1-2-4-6-11)16-10-12-7-8-13(20-12)15(18)19/h11-13H,1-10H2,(H,16,17)(H,18,19). The second kappa shape index (κ2) is 7.62. The third-order valence-electron chi connectivity index (χ3n) is 4.36. The van der Waals surface area contributed by atoms with Crippen LogP contribution in [0.25, 0.3) is 0 Å². The summed E-state index contributed by atoms with van der Waals surface area (Å²) in [6.45, 7) is 0.440. The summed E-state index contributed by atoms with van der Waals surface area (Å²) in [6, 6.07) is 0. The van der Waals surface area contributed by atoms with Gasteiger partial charge < -0.3 is 15.2 Å². The molecule has 2 rings (SSSR count). The molecule has 2 aliphatic rings. The molecule has 2 unspecified atom stereocenters. The molecule has 0 radical (unpaired) electrons. The van der Waals surface area contributed by atoms with E-state index in [0.717, 1.165) is 12.8 Å². The normalized spacial score (nSPS) is 28.0. The number of aliphatic carboxylic acids is 1. The molecule has 5 nitrogen and oxygen atoms in total. The van der Waals surface area contributed by atoms with Crippen LogP contribution in [0.2, 0.25) is 0 Å². The summed E-state index contributed by atoms with van der Waals surface area (Å²) in [5.41, 5.74) is 0. The van der Waals surface area contributed by atoms with Crippen molar-refractivity contribution in [3.8, 4) is 0 Å². The predicted octanol–water partition coefficient (Wildman–Crippen LogP) is 2.10. The molecule has 2 fully saturated rings. The first-order chi connectivity index (χ1) is 9.65. The lowest BCUT2D eigenvalue weighted by Gasteiger charge is -2.16. The molecular weight excluding hydrogens is 258 g/mol. The van der Waals surface area contributed by atoms with E-state index in [4.69, 9.17) is 9.84 Å². The molecule has 2 atom stereocenters. The molecule has 0 spiro atoms. The highest BCUT2D eigenvalue weighted by Crippen LogP contribution is 2.25. The Balaban J connectivity index is 1.64. The van der Waals surface area contributed by atoms with Gasteiger partial charge in [-0.25, -0.2) is 4.79 Å². The maximum atomic E-state index is 11.9. The lowest BCUT2D eigenvalue weighted by Crippen LogP contribution is -2.34. The first-order valence-electron chi connectivity index (χ1n) is 7.80. The van der Waals surface area contributed by atoms with E-state index < -0.39 is 12.1 Å². The summed E-state index contributed by atoms with van der Waals surface area (Å²) in [6.07, 6.45) is 8.41. The topological polar surface area (TPSA) is 75.6 Å². The Morgan fingerprint density at radius 3 is 2.35 bits per heavy atom. The number of ether oxygens (including phenoxy) is 1. The van der Waals surface area contributed by atoms with E-state index >= 15 is 0 Å². The molecule has 2 N–H and O–H groups in total. The Kier molecular flexibility index (Phi) is 5.83. The van der Waals surface area contributed by atoms with Gasteiger partial charge in [0.1, 0.15) is 0 Å². The number of nitrogens with one attached hydrogen (secondary N) is 1. The van der Waals surface area contributed by atoms with E-state index in [2.05, 4.69) is 5.32 Å². The third kappa shape index (κ3) is 4.78. The summed E-state index contributed by atoms with van der Waals surface area (Å²) in [5.74, 6) is -0.301. The van der Waals surface area contributed by atoms with Crippen molar-refractivity contribution in [3.05, 3.63) is 0 Å². The minimum absolute atomic E-state index is 0.0827. The summed E-state index contributed by atoms with van der Waals surface area (Å²) >= 11 is 0. The van der Waals surface area contributed by atoms with Crippen LogP contribution in [0.5, 0.6) is 0 Å². The van der Waals surface area contributed by atoms with Crippen LogP contribution in [0.1, 0.15) is 57.8 Å². The van der Waals surface area contributed by atoms with E-state index in [1.165, 1.54) is 25.7 Å². The maximum absolute atomic E-state index is 11.9. The molecule has 1 saturated carbocycles. The first kappa shape index (κ1) is 15.3. The Morgan fingerprint density at radius 1 is 1.05 bits per heavy atom. The van der Waals surface area contributed by atoms with Gasteiger partial charge in [0.2, 0.25) is 5.91 Å². The van der Waals surface area contributed by atoms with Crippen LogP contribution < -0.4 is 5.32 Å². The van der Waals surface area contributed by atoms with Gasteiger partial charge in [-0.1, -0.05) is 25.7 Å². The van der Waals surface area contributed by atoms with E-state index in [-0.39, 0.29) is 12.0 Å². The van der Waals surface area contributed by atoms with Crippen molar-refractivity contribution in [3.63, 3.8) is 0 Å². The summed E-state index contributed by atoms with van der Waals surface area (Å²) in [5, 5.41) is 11.7. The lowest BCUT2D eigenvalue weighted by molar-refractivity contribution is -0.149. The molecule has 0 bridgehead atoms. The van der Waals surface area contributed by atoms with Crippen LogP contribution in [-0.4, -0.2) is 35.7 Å². The molecule has 0 aromatic heterocycles. The minimum Gasteiger partial charge on any atom is -0.479 e. The molecule has 0 aromatic rings. The van der Waals surface area contributed by atoms with Gasteiger partial charge in [0.25, 0.3) is 0 Å². The molecule has 5 heteroatoms. The zero-order valence-electron chi connectivity index (χ0n) is 12.0. The second-order valence-corrected chi connectivity index (χ2v) is 6.03. The third-order valence-corrected chi connectivity index (χ3v) is 4.36. The zero-order chi connectivity index (χ0) is 14.4. The van der Waals surface area contributed by atoms with Gasteiger partial charge in [-0.2, -0.15) is 0 Å². The Morgan fingerprint density at radius 2 is 1.75 bits per heavy atom. The van der Waals surface area contributed by atoms with Crippen molar-refractivity contribution < 1.29 is 19.4 Å². The highest BCUT2D eigenvalue weighted by molar-refractivity contribution is 5.76. The van der Waals surface area contributed by atoms with E-state index in [9.17, 15) is 9.59 Å². The summed E-state index contributed by atoms with van der Waals surface area (Å²) in [4.78, 5) is 22.7. The van der Waals surface area contributed by atoms with Gasteiger partial charge in [0, 0.05) is 13.0 Å². The van der Waals surface area contributed by atoms with Gasteiger partial charge >= 0.3 is 5.97 Å². The number of carboxylic acids is 1. The number of hydrogen-bond donors (Lipinski definition) is 2. The van der Waals surface area contributed by atoms with E-state index in [1.54, 1.807) is 0 Å². The molecule has 1 saturated heterocycles. The summed E-state index contributed by atoms with van der Waals surface area (Å²) < 4.78 is 5.37. The molecule has 0 aromatic carbocycles. The SMILES string of the molecule is O=C(CC1CCCCCC1)NCC1CCC(C(=O)O)O1. The average Bonchev–Trinajstić information content (AvgIpc) is 2.75. The van der Waals surface area contributed by atoms with Gasteiger partial charge in [-0.15, -0.1) is 0 Å². The average molecular weight is 283 g/mol. The van der Waals surface area contributed by atoms with Crippen LogP contribution in [0.3, 0.4) is 0 Å². The van der Waals surface area contributed by atoms with Crippen molar-refractivity contribution in [1.29, 1.82) is 0 Å². The van der Waals surface area contributed by atoms with Crippen LogP contribution >= 0.6 is 0 Å². The second-order valence-electron chi connectivity index (χ2n) is 6.03. The van der Waals surface area contributed by atoms with E-state index in [0.29, 0.717) is 31.7 Å². The number of amides is 1. The highest BCUT2D eigenvalue weighted by atomic mass is 16.5. The maximum Gasteiger partial charge on any atom is 0.332 e. The number of carbonyl (C=O) groups is 2. The van der Waals surface area contributed by atoms with Crippen molar-refractivity contribution in [2.75, 3.05) is 6.54 Å². The van der Waals surface area contributed by atoms with Gasteiger partial charge in [0.05, 0.1) is 6.10 Å². The molecule has 1 heterocycles. The lowest BCUT2D eigenvalue weighted by atomic mass is 9.96. The van der Waals surface area contributed by atoms with Gasteiger partial charge in [-0.05, 0) is 31.6 Å². The zero-order valence-corrected chi connectivity index (χ0v) is 12.0. The van der Waals surface area contributed by atoms with Gasteiger partial charge in [0.15, 0.2) is 6.10 Å². The fourth-order valence-electron chi connectivity index (χ4n) is 3.17. The number of hydrogen-bond acceptors (Lipinski definition) is 3. The molecule has 1 aliphatic carbocycles. The van der Waals surface area contributed by atoms with Crippen LogP contribution in [0.4, 0.5) is 0 Å². The van der Waals surface area contributed by atoms with Crippen molar-refractivity contribution >= 4 is 11.9 Å². The van der Waals surface area contributed by atoms with Crippen LogP contribution in [-0.2, 0) is 14.3 Å². The largest absolute Gasteiger partial charge is 0.479 e. The summed E-state index contributed by atoms with van der Waals surface area (Å²) in [7, 11) is 0. The van der Waals surface area contributed by atoms with Crippen molar-refractivity contribution in [2.45, 2.75) is 70.0 Å². The number of carboxylic acid groups (broad SMARTS) is 1. The Bertz CT molecular complexity index is 337.